The average molecular weight is 239 g/mol. The van der Waals surface area contributed by atoms with Crippen LogP contribution in [-0.4, -0.2) is 28.1 Å². The number of carbonyl (C=O) groups excluding carboxylic acids is 2. The monoisotopic (exact) mass is 239 g/mol. The summed E-state index contributed by atoms with van der Waals surface area (Å²) in [4.78, 5) is 26.5. The Morgan fingerprint density at radius 2 is 2.29 bits per heavy atom. The van der Waals surface area contributed by atoms with E-state index < -0.39 is 18.0 Å². The second-order valence-corrected chi connectivity index (χ2v) is 3.93. The molecule has 1 atom stereocenters. The summed E-state index contributed by atoms with van der Waals surface area (Å²) in [5.74, 6) is 0.213. The van der Waals surface area contributed by atoms with Crippen molar-refractivity contribution in [2.75, 3.05) is 0 Å². The normalized spacial score (nSPS) is 16.5. The molecule has 0 saturated heterocycles. The quantitative estimate of drug-likeness (QED) is 0.768. The van der Waals surface area contributed by atoms with E-state index in [1.807, 2.05) is 0 Å². The van der Waals surface area contributed by atoms with E-state index in [0.29, 0.717) is 12.3 Å². The number of carbonyl (C=O) groups is 2. The Morgan fingerprint density at radius 1 is 1.59 bits per heavy atom. The molecule has 0 aliphatic heterocycles. The van der Waals surface area contributed by atoms with Gasteiger partial charge in [-0.05, 0) is 19.3 Å². The van der Waals surface area contributed by atoms with Crippen LogP contribution in [0.5, 0.6) is 0 Å². The first-order chi connectivity index (χ1) is 8.11. The van der Waals surface area contributed by atoms with Crippen LogP contribution in [0, 0.1) is 0 Å². The third kappa shape index (κ3) is 2.61. The van der Waals surface area contributed by atoms with Crippen LogP contribution < -0.4 is 5.73 Å². The van der Waals surface area contributed by atoms with Crippen molar-refractivity contribution in [3.63, 3.8) is 0 Å². The number of aromatic nitrogens is 2. The van der Waals surface area contributed by atoms with Crippen molar-refractivity contribution in [3.8, 4) is 0 Å². The topological polar surface area (TPSA) is 108 Å². The molecular formula is C10H13N3O4. The molecule has 92 valence electrons. The van der Waals surface area contributed by atoms with Crippen molar-refractivity contribution in [2.45, 2.75) is 38.2 Å². The highest BCUT2D eigenvalue weighted by molar-refractivity contribution is 5.97. The fraction of sp³-hybridized carbons (Fsp3) is 0.600. The lowest BCUT2D eigenvalue weighted by atomic mass is 10.2. The van der Waals surface area contributed by atoms with Crippen LogP contribution in [0.25, 0.3) is 0 Å². The van der Waals surface area contributed by atoms with Crippen LogP contribution in [-0.2, 0) is 4.74 Å². The standard InChI is InChI=1S/C10H13N3O4/c1-2-6(16-10(11)15)7(14)8-12-9(17-13-8)5-3-4-5/h5-6H,2-4H2,1H3,(H2,11,15)/t6-/m1/s1. The van der Waals surface area contributed by atoms with E-state index in [1.54, 1.807) is 6.92 Å². The van der Waals surface area contributed by atoms with Gasteiger partial charge in [0, 0.05) is 5.92 Å². The highest BCUT2D eigenvalue weighted by atomic mass is 16.6. The summed E-state index contributed by atoms with van der Waals surface area (Å²) in [7, 11) is 0. The molecule has 2 N–H and O–H groups in total. The van der Waals surface area contributed by atoms with Crippen LogP contribution in [0.2, 0.25) is 0 Å². The number of hydrogen-bond donors (Lipinski definition) is 1. The van der Waals surface area contributed by atoms with Gasteiger partial charge in [0.15, 0.2) is 6.10 Å². The van der Waals surface area contributed by atoms with Gasteiger partial charge in [0.25, 0.3) is 0 Å². The molecule has 1 aliphatic carbocycles. The number of hydrogen-bond acceptors (Lipinski definition) is 6. The lowest BCUT2D eigenvalue weighted by Crippen LogP contribution is -2.30. The maximum absolute atomic E-state index is 11.8. The number of rotatable bonds is 5. The second-order valence-electron chi connectivity index (χ2n) is 3.93. The minimum atomic E-state index is -0.990. The summed E-state index contributed by atoms with van der Waals surface area (Å²) in [5, 5.41) is 3.59. The molecule has 7 nitrogen and oxygen atoms in total. The van der Waals surface area contributed by atoms with E-state index >= 15 is 0 Å². The number of Topliss-reactive ketones (excluding diaryl/α,β-unsaturated/α-hetero) is 1. The minimum absolute atomic E-state index is 0.0556. The van der Waals surface area contributed by atoms with Crippen LogP contribution in [0.4, 0.5) is 4.79 Å². The summed E-state index contributed by atoms with van der Waals surface area (Å²) in [5.41, 5.74) is 4.87. The number of ketones is 1. The van der Waals surface area contributed by atoms with Gasteiger partial charge in [-0.1, -0.05) is 12.1 Å². The molecule has 1 aromatic heterocycles. The highest BCUT2D eigenvalue weighted by Crippen LogP contribution is 2.38. The Balaban J connectivity index is 2.07. The molecule has 7 heteroatoms. The lowest BCUT2D eigenvalue weighted by Gasteiger charge is -2.10. The van der Waals surface area contributed by atoms with Crippen LogP contribution >= 0.6 is 0 Å². The molecule has 2 rings (SSSR count). The van der Waals surface area contributed by atoms with Crippen molar-refractivity contribution < 1.29 is 18.8 Å². The van der Waals surface area contributed by atoms with Gasteiger partial charge in [0.05, 0.1) is 0 Å². The maximum Gasteiger partial charge on any atom is 0.405 e. The minimum Gasteiger partial charge on any atom is -0.438 e. The first kappa shape index (κ1) is 11.6. The van der Waals surface area contributed by atoms with Crippen LogP contribution in [0.3, 0.4) is 0 Å². The third-order valence-electron chi connectivity index (χ3n) is 2.51. The van der Waals surface area contributed by atoms with Crippen LogP contribution in [0.15, 0.2) is 4.52 Å². The SMILES string of the molecule is CC[C@@H](OC(N)=O)C(=O)c1noc(C2CC2)n1. The van der Waals surface area contributed by atoms with Gasteiger partial charge in [-0.25, -0.2) is 4.79 Å². The molecule has 1 fully saturated rings. The summed E-state index contributed by atoms with van der Waals surface area (Å²) >= 11 is 0. The average Bonchev–Trinajstić information content (AvgIpc) is 3.03. The van der Waals surface area contributed by atoms with E-state index in [-0.39, 0.29) is 11.7 Å². The summed E-state index contributed by atoms with van der Waals surface area (Å²) in [6.07, 6.45) is 0.387. The predicted molar refractivity (Wildman–Crippen MR) is 55.4 cm³/mol. The molecule has 0 radical (unpaired) electrons. The van der Waals surface area contributed by atoms with Crippen molar-refractivity contribution >= 4 is 11.9 Å². The van der Waals surface area contributed by atoms with Gasteiger partial charge in [-0.2, -0.15) is 4.98 Å². The molecule has 0 bridgehead atoms. The Bertz CT molecular complexity index is 439. The van der Waals surface area contributed by atoms with Gasteiger partial charge in [-0.3, -0.25) is 4.79 Å². The molecule has 0 aromatic carbocycles. The highest BCUT2D eigenvalue weighted by Gasteiger charge is 2.32. The van der Waals surface area contributed by atoms with Gasteiger partial charge in [0.2, 0.25) is 17.5 Å². The van der Waals surface area contributed by atoms with Crippen LogP contribution in [0.1, 0.15) is 48.6 Å². The Labute approximate surface area is 97.3 Å². The van der Waals surface area contributed by atoms with E-state index in [2.05, 4.69) is 14.9 Å². The Hall–Kier alpha value is -1.92. The van der Waals surface area contributed by atoms with E-state index in [1.165, 1.54) is 0 Å². The molecule has 1 heterocycles. The molecule has 0 unspecified atom stereocenters. The van der Waals surface area contributed by atoms with Crippen molar-refractivity contribution in [1.82, 2.24) is 10.1 Å². The van der Waals surface area contributed by atoms with Crippen molar-refractivity contribution in [1.29, 1.82) is 0 Å². The van der Waals surface area contributed by atoms with E-state index in [0.717, 1.165) is 12.8 Å². The van der Waals surface area contributed by atoms with Crippen molar-refractivity contribution in [3.05, 3.63) is 11.7 Å². The van der Waals surface area contributed by atoms with E-state index in [9.17, 15) is 9.59 Å². The zero-order valence-corrected chi connectivity index (χ0v) is 9.38. The molecule has 1 aromatic rings. The number of ether oxygens (including phenoxy) is 1. The summed E-state index contributed by atoms with van der Waals surface area (Å²) in [6.45, 7) is 1.70. The molecule has 0 spiro atoms. The zero-order chi connectivity index (χ0) is 12.4. The molecule has 1 saturated carbocycles. The fourth-order valence-electron chi connectivity index (χ4n) is 1.44. The van der Waals surface area contributed by atoms with Crippen molar-refractivity contribution in [2.24, 2.45) is 5.73 Å². The molecular weight excluding hydrogens is 226 g/mol. The maximum atomic E-state index is 11.8. The number of amides is 1. The first-order valence-electron chi connectivity index (χ1n) is 5.45. The Morgan fingerprint density at radius 3 is 2.82 bits per heavy atom. The molecule has 1 aliphatic rings. The van der Waals surface area contributed by atoms with Gasteiger partial charge in [-0.15, -0.1) is 0 Å². The summed E-state index contributed by atoms with van der Waals surface area (Å²) in [6, 6.07) is 0. The lowest BCUT2D eigenvalue weighted by molar-refractivity contribution is 0.0634. The second kappa shape index (κ2) is 4.52. The fourth-order valence-corrected chi connectivity index (χ4v) is 1.44. The van der Waals surface area contributed by atoms with E-state index in [4.69, 9.17) is 10.3 Å². The van der Waals surface area contributed by atoms with Gasteiger partial charge in [0.1, 0.15) is 0 Å². The first-order valence-corrected chi connectivity index (χ1v) is 5.45. The number of nitrogens with zero attached hydrogens (tertiary/aromatic N) is 2. The zero-order valence-electron chi connectivity index (χ0n) is 9.38. The molecule has 1 amide bonds. The largest absolute Gasteiger partial charge is 0.438 e. The third-order valence-corrected chi connectivity index (χ3v) is 2.51. The van der Waals surface area contributed by atoms with Gasteiger partial charge >= 0.3 is 6.09 Å². The summed E-state index contributed by atoms with van der Waals surface area (Å²) < 4.78 is 9.62. The predicted octanol–water partition coefficient (Wildman–Crippen LogP) is 1.00. The van der Waals surface area contributed by atoms with Gasteiger partial charge < -0.3 is 15.0 Å². The smallest absolute Gasteiger partial charge is 0.405 e. The Kier molecular flexibility index (Phi) is 3.08. The number of primary amides is 1. The molecule has 17 heavy (non-hydrogen) atoms. The number of nitrogens with two attached hydrogens (primary N) is 1.